The molecule has 28 heavy (non-hydrogen) atoms. The molecular weight excluding hydrogens is 354 g/mol. The smallest absolute Gasteiger partial charge is 0.223 e. The summed E-state index contributed by atoms with van der Waals surface area (Å²) in [4.78, 5) is 14.6. The van der Waals surface area contributed by atoms with Crippen molar-refractivity contribution < 1.29 is 18.0 Å². The Morgan fingerprint density at radius 2 is 1.43 bits per heavy atom. The van der Waals surface area contributed by atoms with Crippen LogP contribution in [0, 0.1) is 0 Å². The molecule has 1 aromatic carbocycles. The highest BCUT2D eigenvalue weighted by Crippen LogP contribution is 2.23. The molecule has 5 nitrogen and oxygen atoms in total. The molecule has 0 N–H and O–H groups in total. The van der Waals surface area contributed by atoms with Gasteiger partial charge in [-0.1, -0.05) is 30.3 Å². The molecular formula is C23H21NO4. The van der Waals surface area contributed by atoms with Gasteiger partial charge in [0.05, 0.1) is 25.6 Å². The van der Waals surface area contributed by atoms with E-state index in [1.54, 1.807) is 17.4 Å². The minimum Gasteiger partial charge on any atom is -0.467 e. The zero-order valence-corrected chi connectivity index (χ0v) is 15.4. The van der Waals surface area contributed by atoms with Crippen molar-refractivity contribution in [3.05, 3.63) is 96.5 Å². The summed E-state index contributed by atoms with van der Waals surface area (Å²) in [5.74, 6) is 3.10. The van der Waals surface area contributed by atoms with Gasteiger partial charge in [0.2, 0.25) is 5.91 Å². The molecule has 0 aliphatic carbocycles. The third-order valence-electron chi connectivity index (χ3n) is 4.51. The number of hydrogen-bond donors (Lipinski definition) is 0. The van der Waals surface area contributed by atoms with Gasteiger partial charge in [-0.25, -0.2) is 0 Å². The molecule has 0 unspecified atom stereocenters. The minimum atomic E-state index is 0.0189. The molecule has 0 spiro atoms. The van der Waals surface area contributed by atoms with Gasteiger partial charge >= 0.3 is 0 Å². The van der Waals surface area contributed by atoms with Gasteiger partial charge in [0.1, 0.15) is 23.0 Å². The van der Waals surface area contributed by atoms with Crippen LogP contribution in [0.15, 0.2) is 92.5 Å². The normalized spacial score (nSPS) is 10.9. The minimum absolute atomic E-state index is 0.0189. The van der Waals surface area contributed by atoms with E-state index in [1.807, 2.05) is 66.7 Å². The predicted molar refractivity (Wildman–Crippen MR) is 104 cm³/mol. The number of rotatable bonds is 8. The second-order valence-electron chi connectivity index (χ2n) is 6.54. The summed E-state index contributed by atoms with van der Waals surface area (Å²) in [5.41, 5.74) is 1.03. The van der Waals surface area contributed by atoms with E-state index in [9.17, 15) is 4.79 Å². The summed E-state index contributed by atoms with van der Waals surface area (Å²) in [5, 5.41) is 0. The number of hydrogen-bond acceptors (Lipinski definition) is 4. The summed E-state index contributed by atoms with van der Waals surface area (Å²) >= 11 is 0. The van der Waals surface area contributed by atoms with E-state index in [0.29, 0.717) is 25.9 Å². The molecule has 1 amide bonds. The molecule has 0 aliphatic rings. The fourth-order valence-electron chi connectivity index (χ4n) is 3.07. The number of nitrogens with zero attached hydrogens (tertiary/aromatic N) is 1. The van der Waals surface area contributed by atoms with E-state index >= 15 is 0 Å². The number of benzene rings is 1. The Kier molecular flexibility index (Phi) is 5.43. The summed E-state index contributed by atoms with van der Waals surface area (Å²) in [6.07, 6.45) is 4.11. The van der Waals surface area contributed by atoms with Crippen molar-refractivity contribution >= 4 is 5.91 Å². The Morgan fingerprint density at radius 1 is 0.750 bits per heavy atom. The summed E-state index contributed by atoms with van der Waals surface area (Å²) in [6.45, 7) is 0.805. The van der Waals surface area contributed by atoms with Crippen LogP contribution in [0.25, 0.3) is 11.3 Å². The quantitative estimate of drug-likeness (QED) is 0.420. The van der Waals surface area contributed by atoms with Crippen molar-refractivity contribution in [3.8, 4) is 11.3 Å². The summed E-state index contributed by atoms with van der Waals surface area (Å²) in [6, 6.07) is 21.2. The first-order chi connectivity index (χ1) is 13.8. The molecule has 0 radical (unpaired) electrons. The number of carbonyl (C=O) groups excluding carboxylic acids is 1. The molecule has 0 saturated heterocycles. The van der Waals surface area contributed by atoms with Crippen LogP contribution in [0.5, 0.6) is 0 Å². The van der Waals surface area contributed by atoms with Crippen LogP contribution in [-0.2, 0) is 24.3 Å². The molecule has 5 heteroatoms. The average molecular weight is 375 g/mol. The second kappa shape index (κ2) is 8.48. The van der Waals surface area contributed by atoms with Gasteiger partial charge in [0.25, 0.3) is 0 Å². The molecule has 0 fully saturated rings. The molecule has 0 atom stereocenters. The van der Waals surface area contributed by atoms with Crippen molar-refractivity contribution in [2.75, 3.05) is 0 Å². The van der Waals surface area contributed by atoms with Crippen molar-refractivity contribution in [2.45, 2.75) is 25.9 Å². The van der Waals surface area contributed by atoms with Crippen LogP contribution in [0.1, 0.15) is 23.7 Å². The van der Waals surface area contributed by atoms with Crippen LogP contribution in [0.4, 0.5) is 0 Å². The maximum atomic E-state index is 12.8. The molecule has 142 valence electrons. The van der Waals surface area contributed by atoms with Crippen molar-refractivity contribution in [1.82, 2.24) is 4.90 Å². The molecule has 0 aliphatic heterocycles. The maximum absolute atomic E-state index is 12.8. The molecule has 0 saturated carbocycles. The van der Waals surface area contributed by atoms with E-state index in [1.165, 1.54) is 0 Å². The van der Waals surface area contributed by atoms with Crippen LogP contribution in [0.3, 0.4) is 0 Å². The van der Waals surface area contributed by atoms with Gasteiger partial charge < -0.3 is 18.2 Å². The Balaban J connectivity index is 1.40. The van der Waals surface area contributed by atoms with Crippen LogP contribution in [0.2, 0.25) is 0 Å². The fraction of sp³-hybridized carbons (Fsp3) is 0.174. The van der Waals surface area contributed by atoms with Crippen molar-refractivity contribution in [2.24, 2.45) is 0 Å². The SMILES string of the molecule is O=C(CCc1ccc(-c2ccccc2)o1)N(Cc1ccco1)Cc1ccco1. The molecule has 3 heterocycles. The van der Waals surface area contributed by atoms with Gasteiger partial charge in [0.15, 0.2) is 0 Å². The van der Waals surface area contributed by atoms with E-state index in [0.717, 1.165) is 28.6 Å². The lowest BCUT2D eigenvalue weighted by Crippen LogP contribution is -2.30. The Hall–Kier alpha value is -3.47. The lowest BCUT2D eigenvalue weighted by Gasteiger charge is -2.20. The second-order valence-corrected chi connectivity index (χ2v) is 6.54. The standard InChI is InChI=1S/C23H21NO4/c25-23(13-11-19-10-12-22(28-19)18-6-2-1-3-7-18)24(16-20-8-4-14-26-20)17-21-9-5-15-27-21/h1-10,12,14-15H,11,13,16-17H2. The van der Waals surface area contributed by atoms with E-state index < -0.39 is 0 Å². The summed E-state index contributed by atoms with van der Waals surface area (Å²) < 4.78 is 16.7. The Morgan fingerprint density at radius 3 is 2.04 bits per heavy atom. The van der Waals surface area contributed by atoms with Crippen LogP contribution >= 0.6 is 0 Å². The number of carbonyl (C=O) groups is 1. The fourth-order valence-corrected chi connectivity index (χ4v) is 3.07. The van der Waals surface area contributed by atoms with E-state index in [-0.39, 0.29) is 5.91 Å². The highest BCUT2D eigenvalue weighted by molar-refractivity contribution is 5.76. The lowest BCUT2D eigenvalue weighted by atomic mass is 10.2. The Labute approximate surface area is 163 Å². The van der Waals surface area contributed by atoms with Gasteiger partial charge in [-0.15, -0.1) is 0 Å². The molecule has 0 bridgehead atoms. The zero-order valence-electron chi connectivity index (χ0n) is 15.4. The number of furan rings is 3. The van der Waals surface area contributed by atoms with Crippen LogP contribution < -0.4 is 0 Å². The van der Waals surface area contributed by atoms with Gasteiger partial charge in [-0.05, 0) is 36.4 Å². The number of amides is 1. The highest BCUT2D eigenvalue weighted by Gasteiger charge is 2.18. The molecule has 3 aromatic heterocycles. The van der Waals surface area contributed by atoms with E-state index in [4.69, 9.17) is 13.3 Å². The third kappa shape index (κ3) is 4.43. The first-order valence-electron chi connectivity index (χ1n) is 9.24. The molecule has 4 aromatic rings. The monoisotopic (exact) mass is 375 g/mol. The van der Waals surface area contributed by atoms with Crippen molar-refractivity contribution in [1.29, 1.82) is 0 Å². The summed E-state index contributed by atoms with van der Waals surface area (Å²) in [7, 11) is 0. The highest BCUT2D eigenvalue weighted by atomic mass is 16.3. The van der Waals surface area contributed by atoms with E-state index in [2.05, 4.69) is 0 Å². The first-order valence-corrected chi connectivity index (χ1v) is 9.24. The third-order valence-corrected chi connectivity index (χ3v) is 4.51. The topological polar surface area (TPSA) is 59.7 Å². The molecule has 4 rings (SSSR count). The van der Waals surface area contributed by atoms with Crippen molar-refractivity contribution in [3.63, 3.8) is 0 Å². The average Bonchev–Trinajstić information content (AvgIpc) is 3.49. The van der Waals surface area contributed by atoms with Gasteiger partial charge in [-0.2, -0.15) is 0 Å². The van der Waals surface area contributed by atoms with Gasteiger partial charge in [0, 0.05) is 18.4 Å². The maximum Gasteiger partial charge on any atom is 0.223 e. The largest absolute Gasteiger partial charge is 0.467 e. The predicted octanol–water partition coefficient (Wildman–Crippen LogP) is 5.29. The van der Waals surface area contributed by atoms with Crippen LogP contribution in [-0.4, -0.2) is 10.8 Å². The zero-order chi connectivity index (χ0) is 19.2. The lowest BCUT2D eigenvalue weighted by molar-refractivity contribution is -0.133. The van der Waals surface area contributed by atoms with Gasteiger partial charge in [-0.3, -0.25) is 4.79 Å². The first kappa shape index (κ1) is 17.9. The number of aryl methyl sites for hydroxylation is 1. The Bertz CT molecular complexity index is 948.